The van der Waals surface area contributed by atoms with Crippen molar-refractivity contribution in [2.75, 3.05) is 18.4 Å². The molecule has 1 N–H and O–H groups in total. The van der Waals surface area contributed by atoms with Gasteiger partial charge in [-0.05, 0) is 38.4 Å². The van der Waals surface area contributed by atoms with Gasteiger partial charge in [0, 0.05) is 38.1 Å². The molecule has 1 unspecified atom stereocenters. The third-order valence-corrected chi connectivity index (χ3v) is 4.33. The summed E-state index contributed by atoms with van der Waals surface area (Å²) in [5, 5.41) is 7.49. The van der Waals surface area contributed by atoms with Crippen molar-refractivity contribution < 1.29 is 13.2 Å². The number of rotatable bonds is 4. The van der Waals surface area contributed by atoms with Crippen LogP contribution in [-0.2, 0) is 19.8 Å². The van der Waals surface area contributed by atoms with E-state index in [1.807, 2.05) is 24.7 Å². The lowest BCUT2D eigenvalue weighted by Crippen LogP contribution is -2.42. The van der Waals surface area contributed by atoms with Crippen LogP contribution in [0.25, 0.3) is 0 Å². The second-order valence-corrected chi connectivity index (χ2v) is 6.38. The lowest BCUT2D eigenvalue weighted by molar-refractivity contribution is -0.141. The summed E-state index contributed by atoms with van der Waals surface area (Å²) in [6.45, 7) is 4.39. The van der Waals surface area contributed by atoms with E-state index in [2.05, 4.69) is 25.3 Å². The Morgan fingerprint density at radius 3 is 2.84 bits per heavy atom. The topological polar surface area (TPSA) is 58.9 Å². The number of alkyl halides is 3. The number of likely N-dealkylation sites (tertiary alicyclic amines) is 1. The minimum absolute atomic E-state index is 0.0158. The second kappa shape index (κ2) is 6.99. The maximum atomic E-state index is 12.8. The van der Waals surface area contributed by atoms with E-state index in [-0.39, 0.29) is 12.0 Å². The van der Waals surface area contributed by atoms with Gasteiger partial charge >= 0.3 is 6.18 Å². The molecule has 1 fully saturated rings. The van der Waals surface area contributed by atoms with Crippen molar-refractivity contribution in [1.82, 2.24) is 24.6 Å². The largest absolute Gasteiger partial charge is 0.433 e. The third kappa shape index (κ3) is 4.47. The second-order valence-electron chi connectivity index (χ2n) is 6.38. The Balaban J connectivity index is 1.62. The van der Waals surface area contributed by atoms with Gasteiger partial charge in [0.25, 0.3) is 0 Å². The van der Waals surface area contributed by atoms with Crippen LogP contribution in [0.2, 0.25) is 0 Å². The highest BCUT2D eigenvalue weighted by molar-refractivity contribution is 5.28. The predicted octanol–water partition coefficient (Wildman–Crippen LogP) is 2.61. The Morgan fingerprint density at radius 2 is 2.16 bits per heavy atom. The van der Waals surface area contributed by atoms with Crippen LogP contribution in [0.1, 0.15) is 29.9 Å². The van der Waals surface area contributed by atoms with E-state index in [0.717, 1.165) is 56.1 Å². The average Bonchev–Trinajstić information content (AvgIpc) is 2.85. The Bertz CT molecular complexity index is 707. The number of aromatic nitrogens is 4. The molecule has 0 saturated carbocycles. The quantitative estimate of drug-likeness (QED) is 0.915. The van der Waals surface area contributed by atoms with Gasteiger partial charge in [-0.15, -0.1) is 0 Å². The van der Waals surface area contributed by atoms with Crippen molar-refractivity contribution >= 4 is 5.95 Å². The molecule has 9 heteroatoms. The first-order valence-electron chi connectivity index (χ1n) is 8.20. The molecule has 136 valence electrons. The maximum Gasteiger partial charge on any atom is 0.433 e. The molecule has 6 nitrogen and oxygen atoms in total. The lowest BCUT2D eigenvalue weighted by Gasteiger charge is -2.32. The van der Waals surface area contributed by atoms with Crippen LogP contribution < -0.4 is 5.32 Å². The van der Waals surface area contributed by atoms with E-state index >= 15 is 0 Å². The first-order valence-corrected chi connectivity index (χ1v) is 8.20. The summed E-state index contributed by atoms with van der Waals surface area (Å²) >= 11 is 0. The van der Waals surface area contributed by atoms with E-state index in [4.69, 9.17) is 0 Å². The molecule has 0 aromatic carbocycles. The average molecular weight is 354 g/mol. The smallest absolute Gasteiger partial charge is 0.350 e. The number of nitrogens with one attached hydrogen (secondary N) is 1. The summed E-state index contributed by atoms with van der Waals surface area (Å²) in [4.78, 5) is 9.74. The van der Waals surface area contributed by atoms with E-state index in [1.165, 1.54) is 0 Å². The van der Waals surface area contributed by atoms with Gasteiger partial charge in [-0.3, -0.25) is 9.58 Å². The van der Waals surface area contributed by atoms with Crippen molar-refractivity contribution in [2.45, 2.75) is 38.5 Å². The number of piperidine rings is 1. The van der Waals surface area contributed by atoms with Crippen LogP contribution in [0.4, 0.5) is 19.1 Å². The standard InChI is InChI=1S/C16H21F3N6/c1-11-8-13(23-24(11)2)10-25-7-3-4-12(9-25)21-15-20-6-5-14(22-15)16(17,18)19/h5-6,8,12H,3-4,7,9-10H2,1-2H3,(H,20,21,22). The molecule has 2 aromatic rings. The molecule has 0 spiro atoms. The molecule has 1 saturated heterocycles. The zero-order valence-electron chi connectivity index (χ0n) is 14.2. The van der Waals surface area contributed by atoms with Crippen molar-refractivity contribution in [3.05, 3.63) is 35.4 Å². The Hall–Kier alpha value is -2.16. The number of aryl methyl sites for hydroxylation is 2. The van der Waals surface area contributed by atoms with E-state index in [9.17, 15) is 13.2 Å². The number of nitrogens with zero attached hydrogens (tertiary/aromatic N) is 5. The highest BCUT2D eigenvalue weighted by Gasteiger charge is 2.33. The summed E-state index contributed by atoms with van der Waals surface area (Å²) in [5.74, 6) is 0.0235. The van der Waals surface area contributed by atoms with Gasteiger partial charge in [0.2, 0.25) is 5.95 Å². The Kier molecular flexibility index (Phi) is 4.94. The van der Waals surface area contributed by atoms with Crippen molar-refractivity contribution in [3.8, 4) is 0 Å². The molecular weight excluding hydrogens is 333 g/mol. The SMILES string of the molecule is Cc1cc(CN2CCCC(Nc3nccc(C(F)(F)F)n3)C2)nn1C. The van der Waals surface area contributed by atoms with Crippen molar-refractivity contribution in [3.63, 3.8) is 0 Å². The first kappa shape index (κ1) is 17.7. The minimum Gasteiger partial charge on any atom is -0.350 e. The predicted molar refractivity (Wildman–Crippen MR) is 86.9 cm³/mol. The fourth-order valence-corrected chi connectivity index (χ4v) is 3.03. The Morgan fingerprint density at radius 1 is 1.36 bits per heavy atom. The fraction of sp³-hybridized carbons (Fsp3) is 0.562. The summed E-state index contributed by atoms with van der Waals surface area (Å²) in [5.41, 5.74) is 1.16. The molecule has 1 atom stereocenters. The van der Waals surface area contributed by atoms with Crippen LogP contribution in [-0.4, -0.2) is 43.8 Å². The van der Waals surface area contributed by atoms with Gasteiger partial charge in [-0.25, -0.2) is 9.97 Å². The van der Waals surface area contributed by atoms with E-state index in [1.54, 1.807) is 0 Å². The maximum absolute atomic E-state index is 12.8. The monoisotopic (exact) mass is 354 g/mol. The zero-order chi connectivity index (χ0) is 18.0. The van der Waals surface area contributed by atoms with Crippen molar-refractivity contribution in [2.24, 2.45) is 7.05 Å². The molecule has 25 heavy (non-hydrogen) atoms. The molecule has 1 aliphatic rings. The number of hydrogen-bond acceptors (Lipinski definition) is 5. The van der Waals surface area contributed by atoms with Crippen LogP contribution >= 0.6 is 0 Å². The van der Waals surface area contributed by atoms with Gasteiger partial charge in [0.1, 0.15) is 5.69 Å². The zero-order valence-corrected chi connectivity index (χ0v) is 14.2. The highest BCUT2D eigenvalue weighted by atomic mass is 19.4. The number of hydrogen-bond donors (Lipinski definition) is 1. The van der Waals surface area contributed by atoms with E-state index in [0.29, 0.717) is 0 Å². The van der Waals surface area contributed by atoms with Gasteiger partial charge in [0.05, 0.1) is 5.69 Å². The first-order chi connectivity index (χ1) is 11.8. The molecular formula is C16H21F3N6. The molecule has 2 aromatic heterocycles. The lowest BCUT2D eigenvalue weighted by atomic mass is 10.1. The fourth-order valence-electron chi connectivity index (χ4n) is 3.03. The molecule has 0 aliphatic carbocycles. The van der Waals surface area contributed by atoms with Gasteiger partial charge in [-0.2, -0.15) is 18.3 Å². The summed E-state index contributed by atoms with van der Waals surface area (Å²) in [6.07, 6.45) is -1.50. The van der Waals surface area contributed by atoms with Gasteiger partial charge in [-0.1, -0.05) is 0 Å². The number of anilines is 1. The molecule has 0 bridgehead atoms. The molecule has 3 rings (SSSR count). The molecule has 0 radical (unpaired) electrons. The summed E-state index contributed by atoms with van der Waals surface area (Å²) < 4.78 is 40.1. The number of halogens is 3. The molecule has 3 heterocycles. The minimum atomic E-state index is -4.46. The van der Waals surface area contributed by atoms with Crippen LogP contribution in [0.3, 0.4) is 0 Å². The third-order valence-electron chi connectivity index (χ3n) is 4.33. The van der Waals surface area contributed by atoms with Crippen LogP contribution in [0.15, 0.2) is 18.3 Å². The van der Waals surface area contributed by atoms with Crippen LogP contribution in [0, 0.1) is 6.92 Å². The normalized spacial score (nSPS) is 19.2. The molecule has 1 aliphatic heterocycles. The van der Waals surface area contributed by atoms with Gasteiger partial charge < -0.3 is 5.32 Å². The van der Waals surface area contributed by atoms with Crippen molar-refractivity contribution in [1.29, 1.82) is 0 Å². The molecule has 0 amide bonds. The van der Waals surface area contributed by atoms with Gasteiger partial charge in [0.15, 0.2) is 0 Å². The van der Waals surface area contributed by atoms with Crippen LogP contribution in [0.5, 0.6) is 0 Å². The Labute approximate surface area is 144 Å². The van der Waals surface area contributed by atoms with E-state index < -0.39 is 11.9 Å². The highest BCUT2D eigenvalue weighted by Crippen LogP contribution is 2.27. The summed E-state index contributed by atoms with van der Waals surface area (Å²) in [7, 11) is 1.91. The summed E-state index contributed by atoms with van der Waals surface area (Å²) in [6, 6.07) is 2.94.